The van der Waals surface area contributed by atoms with Gasteiger partial charge in [-0.3, -0.25) is 0 Å². The molecule has 0 amide bonds. The van der Waals surface area contributed by atoms with Crippen LogP contribution in [0, 0.1) is 0 Å². The van der Waals surface area contributed by atoms with Crippen LogP contribution in [0.5, 0.6) is 5.95 Å². The Bertz CT molecular complexity index is 592. The molecule has 0 N–H and O–H groups in total. The van der Waals surface area contributed by atoms with Gasteiger partial charge in [0.1, 0.15) is 0 Å². The standard InChI is InChI=1S/C14H14ClNO4/c1-3-18-13(17)11-14(19-4-2)20-12(16-11)9-5-7-10(15)8-6-9/h5-8H,3-4H2,1-2H3. The molecule has 0 unspecified atom stereocenters. The van der Waals surface area contributed by atoms with Gasteiger partial charge in [-0.25, -0.2) is 4.79 Å². The Morgan fingerprint density at radius 3 is 2.55 bits per heavy atom. The van der Waals surface area contributed by atoms with E-state index in [4.69, 9.17) is 25.5 Å². The molecule has 0 bridgehead atoms. The second-order valence-corrected chi connectivity index (χ2v) is 4.25. The lowest BCUT2D eigenvalue weighted by Gasteiger charge is -2.00. The maximum absolute atomic E-state index is 11.8. The monoisotopic (exact) mass is 295 g/mol. The predicted octanol–water partition coefficient (Wildman–Crippen LogP) is 3.57. The van der Waals surface area contributed by atoms with E-state index in [9.17, 15) is 4.79 Å². The molecule has 1 aromatic heterocycles. The number of nitrogens with zero attached hydrogens (tertiary/aromatic N) is 1. The molecule has 0 spiro atoms. The van der Waals surface area contributed by atoms with Crippen molar-refractivity contribution in [2.45, 2.75) is 13.8 Å². The van der Waals surface area contributed by atoms with Crippen LogP contribution in [-0.4, -0.2) is 24.2 Å². The van der Waals surface area contributed by atoms with Crippen LogP contribution in [0.3, 0.4) is 0 Å². The molecule has 2 aromatic rings. The van der Waals surface area contributed by atoms with Gasteiger partial charge in [-0.05, 0) is 38.1 Å². The lowest BCUT2D eigenvalue weighted by atomic mass is 10.2. The van der Waals surface area contributed by atoms with Gasteiger partial charge in [-0.15, -0.1) is 0 Å². The summed E-state index contributed by atoms with van der Waals surface area (Å²) in [4.78, 5) is 15.9. The van der Waals surface area contributed by atoms with Crippen molar-refractivity contribution in [1.82, 2.24) is 4.98 Å². The average molecular weight is 296 g/mol. The van der Waals surface area contributed by atoms with Crippen molar-refractivity contribution >= 4 is 17.6 Å². The first-order chi connectivity index (χ1) is 9.65. The maximum Gasteiger partial charge on any atom is 0.364 e. The Morgan fingerprint density at radius 1 is 1.25 bits per heavy atom. The molecule has 2 rings (SSSR count). The summed E-state index contributed by atoms with van der Waals surface area (Å²) in [6.45, 7) is 4.13. The highest BCUT2D eigenvalue weighted by Gasteiger charge is 2.23. The largest absolute Gasteiger partial charge is 0.464 e. The summed E-state index contributed by atoms with van der Waals surface area (Å²) in [5.74, 6) is -0.219. The van der Waals surface area contributed by atoms with Gasteiger partial charge in [0.25, 0.3) is 0 Å². The third-order valence-electron chi connectivity index (χ3n) is 2.43. The van der Waals surface area contributed by atoms with Gasteiger partial charge >= 0.3 is 11.9 Å². The fourth-order valence-electron chi connectivity index (χ4n) is 1.58. The number of carbonyl (C=O) groups excluding carboxylic acids is 1. The van der Waals surface area contributed by atoms with E-state index in [0.717, 1.165) is 0 Å². The molecule has 0 aliphatic rings. The third kappa shape index (κ3) is 3.11. The Balaban J connectivity index is 2.37. The smallest absolute Gasteiger partial charge is 0.364 e. The van der Waals surface area contributed by atoms with E-state index in [0.29, 0.717) is 17.2 Å². The van der Waals surface area contributed by atoms with E-state index in [1.807, 2.05) is 0 Å². The summed E-state index contributed by atoms with van der Waals surface area (Å²) < 4.78 is 15.7. The lowest BCUT2D eigenvalue weighted by Crippen LogP contribution is -2.07. The maximum atomic E-state index is 11.8. The van der Waals surface area contributed by atoms with Crippen molar-refractivity contribution in [2.24, 2.45) is 0 Å². The molecule has 0 saturated heterocycles. The Labute approximate surface area is 121 Å². The number of hydrogen-bond acceptors (Lipinski definition) is 5. The lowest BCUT2D eigenvalue weighted by molar-refractivity contribution is 0.0512. The van der Waals surface area contributed by atoms with Crippen molar-refractivity contribution in [3.63, 3.8) is 0 Å². The Hall–Kier alpha value is -2.01. The topological polar surface area (TPSA) is 61.6 Å². The molecule has 0 atom stereocenters. The number of aromatic nitrogens is 1. The number of hydrogen-bond donors (Lipinski definition) is 0. The van der Waals surface area contributed by atoms with Crippen LogP contribution in [0.25, 0.3) is 11.5 Å². The molecule has 0 aliphatic carbocycles. The van der Waals surface area contributed by atoms with Gasteiger partial charge in [0.15, 0.2) is 0 Å². The minimum Gasteiger partial charge on any atom is -0.464 e. The van der Waals surface area contributed by atoms with Crippen molar-refractivity contribution in [3.8, 4) is 17.4 Å². The van der Waals surface area contributed by atoms with E-state index in [1.54, 1.807) is 38.1 Å². The highest BCUT2D eigenvalue weighted by Crippen LogP contribution is 2.28. The average Bonchev–Trinajstić information content (AvgIpc) is 2.84. The number of halogens is 1. The minimum absolute atomic E-state index is 0.0404. The highest BCUT2D eigenvalue weighted by molar-refractivity contribution is 6.30. The fourth-order valence-corrected chi connectivity index (χ4v) is 1.71. The van der Waals surface area contributed by atoms with E-state index in [2.05, 4.69) is 4.98 Å². The van der Waals surface area contributed by atoms with Crippen molar-refractivity contribution in [2.75, 3.05) is 13.2 Å². The normalized spacial score (nSPS) is 10.3. The molecule has 0 aliphatic heterocycles. The zero-order valence-corrected chi connectivity index (χ0v) is 11.9. The van der Waals surface area contributed by atoms with Crippen molar-refractivity contribution < 1.29 is 18.7 Å². The SMILES string of the molecule is CCOC(=O)c1nc(-c2ccc(Cl)cc2)oc1OCC. The first-order valence-electron chi connectivity index (χ1n) is 6.22. The predicted molar refractivity (Wildman–Crippen MR) is 74.1 cm³/mol. The summed E-state index contributed by atoms with van der Waals surface area (Å²) in [6.07, 6.45) is 0. The molecule has 0 fully saturated rings. The number of rotatable bonds is 5. The first-order valence-corrected chi connectivity index (χ1v) is 6.60. The van der Waals surface area contributed by atoms with Gasteiger partial charge in [0, 0.05) is 10.6 Å². The highest BCUT2D eigenvalue weighted by atomic mass is 35.5. The summed E-state index contributed by atoms with van der Waals surface area (Å²) in [6, 6.07) is 6.93. The van der Waals surface area contributed by atoms with Crippen molar-refractivity contribution in [1.29, 1.82) is 0 Å². The minimum atomic E-state index is -0.570. The Morgan fingerprint density at radius 2 is 1.95 bits per heavy atom. The number of esters is 1. The second-order valence-electron chi connectivity index (χ2n) is 3.82. The first kappa shape index (κ1) is 14.4. The summed E-state index contributed by atoms with van der Waals surface area (Å²) in [5, 5.41) is 0.607. The third-order valence-corrected chi connectivity index (χ3v) is 2.68. The number of benzene rings is 1. The van der Waals surface area contributed by atoms with Crippen LogP contribution in [0.1, 0.15) is 24.3 Å². The van der Waals surface area contributed by atoms with Gasteiger partial charge in [-0.2, -0.15) is 4.98 Å². The molecule has 1 heterocycles. The van der Waals surface area contributed by atoms with Crippen molar-refractivity contribution in [3.05, 3.63) is 35.0 Å². The zero-order valence-electron chi connectivity index (χ0n) is 11.2. The van der Waals surface area contributed by atoms with Gasteiger partial charge in [0.2, 0.25) is 11.6 Å². The van der Waals surface area contributed by atoms with Crippen LogP contribution in [0.4, 0.5) is 0 Å². The van der Waals surface area contributed by atoms with Gasteiger partial charge in [0.05, 0.1) is 13.2 Å². The number of carbonyl (C=O) groups is 1. The molecule has 5 nitrogen and oxygen atoms in total. The van der Waals surface area contributed by atoms with Crippen LogP contribution in [-0.2, 0) is 4.74 Å². The summed E-state index contributed by atoms with van der Waals surface area (Å²) in [5.41, 5.74) is 0.740. The van der Waals surface area contributed by atoms with Crippen LogP contribution < -0.4 is 4.74 Å². The van der Waals surface area contributed by atoms with Gasteiger partial charge in [-0.1, -0.05) is 11.6 Å². The van der Waals surface area contributed by atoms with Crippen LogP contribution in [0.2, 0.25) is 5.02 Å². The van der Waals surface area contributed by atoms with E-state index < -0.39 is 5.97 Å². The molecular formula is C14H14ClNO4. The molecular weight excluding hydrogens is 282 g/mol. The van der Waals surface area contributed by atoms with E-state index >= 15 is 0 Å². The summed E-state index contributed by atoms with van der Waals surface area (Å²) in [7, 11) is 0. The van der Waals surface area contributed by atoms with E-state index in [1.165, 1.54) is 0 Å². The quantitative estimate of drug-likeness (QED) is 0.789. The fraction of sp³-hybridized carbons (Fsp3) is 0.286. The van der Waals surface area contributed by atoms with E-state index in [-0.39, 0.29) is 24.1 Å². The van der Waals surface area contributed by atoms with Crippen LogP contribution >= 0.6 is 11.6 Å². The molecule has 20 heavy (non-hydrogen) atoms. The zero-order chi connectivity index (χ0) is 14.5. The van der Waals surface area contributed by atoms with Crippen LogP contribution in [0.15, 0.2) is 28.7 Å². The molecule has 0 saturated carbocycles. The van der Waals surface area contributed by atoms with Gasteiger partial charge < -0.3 is 13.9 Å². The molecule has 1 aromatic carbocycles. The molecule has 0 radical (unpaired) electrons. The molecule has 6 heteroatoms. The molecule has 106 valence electrons. The number of oxazole rings is 1. The summed E-state index contributed by atoms with van der Waals surface area (Å²) >= 11 is 5.83. The Kier molecular flexibility index (Phi) is 4.63. The second kappa shape index (κ2) is 6.43. The number of ether oxygens (including phenoxy) is 2.